The number of nitrogens with one attached hydrogen (secondary N) is 2. The molecule has 0 aliphatic carbocycles. The average Bonchev–Trinajstić information content (AvgIpc) is 3.40. The van der Waals surface area contributed by atoms with Gasteiger partial charge in [-0.05, 0) is 48.7 Å². The second-order valence-electron chi connectivity index (χ2n) is 8.64. The normalized spacial score (nSPS) is 17.4. The molecule has 2 aliphatic rings. The zero-order valence-electron chi connectivity index (χ0n) is 18.7. The first kappa shape index (κ1) is 22.7. The highest BCUT2D eigenvalue weighted by molar-refractivity contribution is 6.22. The van der Waals surface area contributed by atoms with Crippen LogP contribution in [0.15, 0.2) is 42.5 Å². The predicted octanol–water partition coefficient (Wildman–Crippen LogP) is 2.99. The Morgan fingerprint density at radius 3 is 2.61 bits per heavy atom. The Bertz CT molecular complexity index is 1100. The summed E-state index contributed by atoms with van der Waals surface area (Å²) in [7, 11) is 0. The molecular formula is C25H27N3O5. The fraction of sp³-hybridized carbons (Fsp3) is 0.360. The number of imide groups is 1. The van der Waals surface area contributed by atoms with Gasteiger partial charge in [0.15, 0.2) is 0 Å². The molecule has 1 unspecified atom stereocenters. The number of anilines is 1. The molecule has 0 saturated carbocycles. The van der Waals surface area contributed by atoms with Gasteiger partial charge in [-0.1, -0.05) is 26.0 Å². The summed E-state index contributed by atoms with van der Waals surface area (Å²) in [6.45, 7) is 4.76. The lowest BCUT2D eigenvalue weighted by Gasteiger charge is -2.17. The van der Waals surface area contributed by atoms with Gasteiger partial charge in [0.25, 0.3) is 17.7 Å². The molecule has 0 radical (unpaired) electrons. The van der Waals surface area contributed by atoms with Gasteiger partial charge in [0.2, 0.25) is 5.91 Å². The maximum absolute atomic E-state index is 12.8. The van der Waals surface area contributed by atoms with Crippen LogP contribution in [0.4, 0.5) is 5.69 Å². The van der Waals surface area contributed by atoms with Gasteiger partial charge in [-0.3, -0.25) is 24.1 Å². The molecule has 0 spiro atoms. The Balaban J connectivity index is 1.41. The van der Waals surface area contributed by atoms with Crippen molar-refractivity contribution in [2.75, 3.05) is 18.5 Å². The number of nitrogens with zero attached hydrogens (tertiary/aromatic N) is 1. The minimum Gasteiger partial charge on any atom is -0.376 e. The van der Waals surface area contributed by atoms with E-state index >= 15 is 0 Å². The van der Waals surface area contributed by atoms with Crippen LogP contribution in [0.25, 0.3) is 0 Å². The first-order chi connectivity index (χ1) is 15.8. The fourth-order valence-electron chi connectivity index (χ4n) is 3.92. The molecular weight excluding hydrogens is 422 g/mol. The van der Waals surface area contributed by atoms with Crippen molar-refractivity contribution in [3.8, 4) is 0 Å². The standard InChI is InChI=1S/C25H27N3O5/c1-15(2)22(29)27-18-6-3-5-16(11-18)13-26-23(30)17-8-9-20-21(12-17)25(32)28(24(20)31)14-19-7-4-10-33-19/h3,5-6,8-9,11-12,15,19H,4,7,10,13-14H2,1-2H3,(H,26,30)(H,27,29). The van der Waals surface area contributed by atoms with Crippen LogP contribution in [0.3, 0.4) is 0 Å². The van der Waals surface area contributed by atoms with E-state index in [4.69, 9.17) is 4.74 Å². The van der Waals surface area contributed by atoms with Crippen molar-refractivity contribution in [1.29, 1.82) is 0 Å². The van der Waals surface area contributed by atoms with Crippen LogP contribution < -0.4 is 10.6 Å². The topological polar surface area (TPSA) is 105 Å². The van der Waals surface area contributed by atoms with Gasteiger partial charge in [0.05, 0.1) is 23.8 Å². The molecule has 2 aromatic carbocycles. The lowest BCUT2D eigenvalue weighted by atomic mass is 10.1. The molecule has 1 fully saturated rings. The third-order valence-electron chi connectivity index (χ3n) is 5.82. The van der Waals surface area contributed by atoms with Gasteiger partial charge in [-0.2, -0.15) is 0 Å². The summed E-state index contributed by atoms with van der Waals surface area (Å²) in [4.78, 5) is 51.3. The van der Waals surface area contributed by atoms with Crippen LogP contribution >= 0.6 is 0 Å². The summed E-state index contributed by atoms with van der Waals surface area (Å²) in [6.07, 6.45) is 1.62. The molecule has 0 bridgehead atoms. The number of ether oxygens (including phenoxy) is 1. The number of rotatable bonds is 7. The SMILES string of the molecule is CC(C)C(=O)Nc1cccc(CNC(=O)c2ccc3c(c2)C(=O)N(CC2CCCO2)C3=O)c1. The second kappa shape index (κ2) is 9.54. The molecule has 2 aromatic rings. The Labute approximate surface area is 192 Å². The van der Waals surface area contributed by atoms with E-state index in [9.17, 15) is 19.2 Å². The summed E-state index contributed by atoms with van der Waals surface area (Å²) in [5, 5.41) is 5.66. The summed E-state index contributed by atoms with van der Waals surface area (Å²) in [5.74, 6) is -1.31. The second-order valence-corrected chi connectivity index (χ2v) is 8.64. The Morgan fingerprint density at radius 2 is 1.88 bits per heavy atom. The Morgan fingerprint density at radius 1 is 1.09 bits per heavy atom. The number of hydrogen-bond acceptors (Lipinski definition) is 5. The third-order valence-corrected chi connectivity index (χ3v) is 5.82. The highest BCUT2D eigenvalue weighted by Crippen LogP contribution is 2.26. The van der Waals surface area contributed by atoms with Gasteiger partial charge in [0.1, 0.15) is 0 Å². The van der Waals surface area contributed by atoms with Crippen molar-refractivity contribution in [3.63, 3.8) is 0 Å². The summed E-state index contributed by atoms with van der Waals surface area (Å²) in [6, 6.07) is 11.8. The lowest BCUT2D eigenvalue weighted by molar-refractivity contribution is -0.118. The number of fused-ring (bicyclic) bond motifs is 1. The number of benzene rings is 2. The van der Waals surface area contributed by atoms with E-state index in [-0.39, 0.29) is 48.4 Å². The molecule has 0 aromatic heterocycles. The minimum atomic E-state index is -0.395. The molecule has 2 N–H and O–H groups in total. The van der Waals surface area contributed by atoms with Crippen molar-refractivity contribution in [2.45, 2.75) is 39.3 Å². The lowest BCUT2D eigenvalue weighted by Crippen LogP contribution is -2.36. The van der Waals surface area contributed by atoms with Gasteiger partial charge in [-0.25, -0.2) is 0 Å². The molecule has 1 saturated heterocycles. The first-order valence-electron chi connectivity index (χ1n) is 11.1. The summed E-state index contributed by atoms with van der Waals surface area (Å²) in [5.41, 5.74) is 2.33. The fourth-order valence-corrected chi connectivity index (χ4v) is 3.92. The minimum absolute atomic E-state index is 0.0814. The zero-order chi connectivity index (χ0) is 23.5. The number of hydrogen-bond donors (Lipinski definition) is 2. The Hall–Kier alpha value is -3.52. The summed E-state index contributed by atoms with van der Waals surface area (Å²) >= 11 is 0. The van der Waals surface area contributed by atoms with Crippen LogP contribution in [0.2, 0.25) is 0 Å². The smallest absolute Gasteiger partial charge is 0.261 e. The molecule has 1 atom stereocenters. The van der Waals surface area contributed by atoms with E-state index in [0.717, 1.165) is 18.4 Å². The van der Waals surface area contributed by atoms with Gasteiger partial charge >= 0.3 is 0 Å². The van der Waals surface area contributed by atoms with Gasteiger partial charge in [-0.15, -0.1) is 0 Å². The van der Waals surface area contributed by atoms with Gasteiger partial charge < -0.3 is 15.4 Å². The Kier molecular flexibility index (Phi) is 6.55. The predicted molar refractivity (Wildman–Crippen MR) is 122 cm³/mol. The van der Waals surface area contributed by atoms with E-state index in [1.165, 1.54) is 17.0 Å². The highest BCUT2D eigenvalue weighted by atomic mass is 16.5. The molecule has 4 amide bonds. The average molecular weight is 450 g/mol. The molecule has 33 heavy (non-hydrogen) atoms. The van der Waals surface area contributed by atoms with Crippen LogP contribution in [0.1, 0.15) is 63.3 Å². The molecule has 172 valence electrons. The highest BCUT2D eigenvalue weighted by Gasteiger charge is 2.37. The van der Waals surface area contributed by atoms with E-state index in [2.05, 4.69) is 10.6 Å². The van der Waals surface area contributed by atoms with Crippen molar-refractivity contribution in [2.24, 2.45) is 5.92 Å². The van der Waals surface area contributed by atoms with Crippen molar-refractivity contribution in [1.82, 2.24) is 10.2 Å². The van der Waals surface area contributed by atoms with E-state index in [1.807, 2.05) is 19.9 Å². The van der Waals surface area contributed by atoms with Crippen LogP contribution in [-0.4, -0.2) is 47.8 Å². The number of carbonyl (C=O) groups is 4. The molecule has 2 heterocycles. The molecule has 8 nitrogen and oxygen atoms in total. The number of amides is 4. The van der Waals surface area contributed by atoms with E-state index in [1.54, 1.807) is 24.3 Å². The zero-order valence-corrected chi connectivity index (χ0v) is 18.7. The monoisotopic (exact) mass is 449 g/mol. The number of carbonyl (C=O) groups excluding carboxylic acids is 4. The van der Waals surface area contributed by atoms with Crippen LogP contribution in [0, 0.1) is 5.92 Å². The van der Waals surface area contributed by atoms with Crippen molar-refractivity contribution < 1.29 is 23.9 Å². The van der Waals surface area contributed by atoms with Crippen LogP contribution in [0.5, 0.6) is 0 Å². The van der Waals surface area contributed by atoms with Crippen molar-refractivity contribution in [3.05, 3.63) is 64.7 Å². The van der Waals surface area contributed by atoms with E-state index in [0.29, 0.717) is 23.4 Å². The summed E-state index contributed by atoms with van der Waals surface area (Å²) < 4.78 is 5.55. The third kappa shape index (κ3) is 4.96. The maximum Gasteiger partial charge on any atom is 0.261 e. The van der Waals surface area contributed by atoms with Crippen molar-refractivity contribution >= 4 is 29.3 Å². The molecule has 2 aliphatic heterocycles. The quantitative estimate of drug-likeness (QED) is 0.633. The maximum atomic E-state index is 12.8. The first-order valence-corrected chi connectivity index (χ1v) is 11.1. The van der Waals surface area contributed by atoms with Crippen LogP contribution in [-0.2, 0) is 16.1 Å². The van der Waals surface area contributed by atoms with E-state index < -0.39 is 5.91 Å². The largest absolute Gasteiger partial charge is 0.376 e. The molecule has 4 rings (SSSR count). The van der Waals surface area contributed by atoms with Gasteiger partial charge in [0, 0.05) is 30.3 Å². The molecule has 8 heteroatoms.